The van der Waals surface area contributed by atoms with Crippen molar-refractivity contribution >= 4 is 46.7 Å². The predicted octanol–water partition coefficient (Wildman–Crippen LogP) is 5.59. The van der Waals surface area contributed by atoms with Crippen LogP contribution in [0.1, 0.15) is 11.1 Å². The normalized spacial score (nSPS) is 12.7. The third-order valence-corrected chi connectivity index (χ3v) is 6.66. The summed E-state index contributed by atoms with van der Waals surface area (Å²) in [6.45, 7) is 1.39. The third kappa shape index (κ3) is 9.98. The second-order valence-electron chi connectivity index (χ2n) is 10.7. The maximum Gasteiger partial charge on any atom is 0.490 e. The van der Waals surface area contributed by atoms with Gasteiger partial charge in [0.05, 0.1) is 19.3 Å². The summed E-state index contributed by atoms with van der Waals surface area (Å²) >= 11 is 0. The van der Waals surface area contributed by atoms with Crippen LogP contribution in [0.5, 0.6) is 5.88 Å². The Morgan fingerprint density at radius 3 is 2.47 bits per heavy atom. The number of anilines is 5. The highest BCUT2D eigenvalue weighted by Crippen LogP contribution is 2.36. The largest absolute Gasteiger partial charge is 0.490 e. The molecule has 0 aliphatic carbocycles. The van der Waals surface area contributed by atoms with E-state index in [1.165, 1.54) is 13.2 Å². The Labute approximate surface area is 279 Å². The van der Waals surface area contributed by atoms with E-state index in [0.717, 1.165) is 11.1 Å². The monoisotopic (exact) mass is 678 g/mol. The number of carbonyl (C=O) groups is 3. The summed E-state index contributed by atoms with van der Waals surface area (Å²) in [6.07, 6.45) is 1.54. The van der Waals surface area contributed by atoms with Gasteiger partial charge in [0.25, 0.3) is 0 Å². The summed E-state index contributed by atoms with van der Waals surface area (Å²) in [4.78, 5) is 54.2. The zero-order valence-electron chi connectivity index (χ0n) is 26.7. The van der Waals surface area contributed by atoms with Gasteiger partial charge in [0, 0.05) is 42.8 Å². The second kappa shape index (κ2) is 16.2. The van der Waals surface area contributed by atoms with Gasteiger partial charge < -0.3 is 30.3 Å². The van der Waals surface area contributed by atoms with Crippen molar-refractivity contribution in [3.8, 4) is 5.88 Å². The highest BCUT2D eigenvalue weighted by molar-refractivity contribution is 6.03. The van der Waals surface area contributed by atoms with Crippen LogP contribution in [0.15, 0.2) is 91.3 Å². The molecule has 2 aromatic heterocycles. The summed E-state index contributed by atoms with van der Waals surface area (Å²) in [7, 11) is 5.39. The molecule has 0 spiro atoms. The minimum absolute atomic E-state index is 0.246. The molecule has 0 unspecified atom stereocenters. The van der Waals surface area contributed by atoms with Gasteiger partial charge in [-0.2, -0.15) is 18.2 Å². The zero-order valence-corrected chi connectivity index (χ0v) is 26.7. The van der Waals surface area contributed by atoms with Gasteiger partial charge in [-0.25, -0.2) is 24.5 Å². The molecule has 256 valence electrons. The first-order valence-electron chi connectivity index (χ1n) is 14.6. The molecule has 16 heteroatoms. The highest BCUT2D eigenvalue weighted by Gasteiger charge is 2.38. The van der Waals surface area contributed by atoms with Crippen LogP contribution in [0.2, 0.25) is 0 Å². The van der Waals surface area contributed by atoms with E-state index in [4.69, 9.17) is 19.6 Å². The number of pyridine rings is 1. The average Bonchev–Trinajstić information content (AvgIpc) is 3.06. The van der Waals surface area contributed by atoms with Gasteiger partial charge in [-0.15, -0.1) is 0 Å². The molecule has 1 aliphatic rings. The Morgan fingerprint density at radius 1 is 1.06 bits per heavy atom. The van der Waals surface area contributed by atoms with E-state index in [-0.39, 0.29) is 17.9 Å². The lowest BCUT2D eigenvalue weighted by Gasteiger charge is -2.36. The van der Waals surface area contributed by atoms with E-state index in [0.29, 0.717) is 48.4 Å². The number of benzene rings is 2. The zero-order chi connectivity index (χ0) is 35.6. The number of carbonyl (C=O) groups excluding carboxylic acids is 2. The molecule has 0 saturated carbocycles. The number of ether oxygens (including phenoxy) is 1. The Morgan fingerprint density at radius 2 is 1.80 bits per heavy atom. The van der Waals surface area contributed by atoms with Gasteiger partial charge in [-0.05, 0) is 50.0 Å². The molecule has 3 N–H and O–H groups in total. The molecule has 2 aromatic carbocycles. The van der Waals surface area contributed by atoms with Crippen LogP contribution in [0, 0.1) is 0 Å². The fourth-order valence-corrected chi connectivity index (χ4v) is 4.47. The minimum atomic E-state index is -5.08. The molecule has 4 aromatic rings. The SMILES string of the molecule is COc1ncccc1Nc1ncc2c(n1)N(c1cccc(NC(=O)/C=C/CN(C)C)c1)C(=O)N(Cc1ccccc1)C2.O=C(O)C(F)(F)F. The highest BCUT2D eigenvalue weighted by atomic mass is 19.4. The van der Waals surface area contributed by atoms with Crippen molar-refractivity contribution in [3.63, 3.8) is 0 Å². The van der Waals surface area contributed by atoms with Gasteiger partial charge in [0.15, 0.2) is 5.82 Å². The standard InChI is InChI=1S/C31H32N8O3.C2HF3O2/c1-37(2)17-9-15-27(40)34-24-12-7-13-25(18-24)39-28-23(21-38(31(39)41)20-22-10-5-4-6-11-22)19-33-30(36-28)35-26-14-8-16-32-29(26)42-3;3-2(4,5)1(6)7/h4-16,18-19H,17,20-21H2,1-3H3,(H,34,40)(H,33,35,36);(H,6,7)/b15-9+;. The molecule has 13 nitrogen and oxygen atoms in total. The Hall–Kier alpha value is -6.03. The van der Waals surface area contributed by atoms with Crippen molar-refractivity contribution in [2.24, 2.45) is 0 Å². The lowest BCUT2D eigenvalue weighted by atomic mass is 10.1. The van der Waals surface area contributed by atoms with Crippen LogP contribution in [-0.4, -0.2) is 81.7 Å². The summed E-state index contributed by atoms with van der Waals surface area (Å²) in [5, 5.41) is 13.2. The van der Waals surface area contributed by atoms with Gasteiger partial charge in [-0.3, -0.25) is 4.79 Å². The number of alkyl halides is 3. The van der Waals surface area contributed by atoms with Crippen molar-refractivity contribution in [2.45, 2.75) is 19.3 Å². The van der Waals surface area contributed by atoms with Crippen LogP contribution in [0.3, 0.4) is 0 Å². The van der Waals surface area contributed by atoms with E-state index in [1.807, 2.05) is 55.4 Å². The number of methoxy groups -OCH3 is 1. The Balaban J connectivity index is 0.000000698. The summed E-state index contributed by atoms with van der Waals surface area (Å²) in [5.74, 6) is -1.90. The number of aliphatic carboxylic acids is 1. The molecule has 0 fully saturated rings. The molecule has 0 radical (unpaired) electrons. The van der Waals surface area contributed by atoms with E-state index in [1.54, 1.807) is 58.6 Å². The van der Waals surface area contributed by atoms with E-state index >= 15 is 0 Å². The van der Waals surface area contributed by atoms with Crippen LogP contribution in [0.4, 0.5) is 46.8 Å². The van der Waals surface area contributed by atoms with Crippen molar-refractivity contribution in [1.82, 2.24) is 24.8 Å². The summed E-state index contributed by atoms with van der Waals surface area (Å²) < 4.78 is 37.1. The fraction of sp³-hybridized carbons (Fsp3) is 0.212. The average molecular weight is 679 g/mol. The Kier molecular flexibility index (Phi) is 11.8. The van der Waals surface area contributed by atoms with Crippen molar-refractivity contribution in [1.29, 1.82) is 0 Å². The number of fused-ring (bicyclic) bond motifs is 1. The maximum atomic E-state index is 14.0. The molecular weight excluding hydrogens is 645 g/mol. The minimum Gasteiger partial charge on any atom is -0.480 e. The molecule has 3 amide bonds. The number of amides is 3. The molecule has 0 atom stereocenters. The van der Waals surface area contributed by atoms with Gasteiger partial charge in [0.2, 0.25) is 17.7 Å². The number of nitrogens with one attached hydrogen (secondary N) is 2. The van der Waals surface area contributed by atoms with Gasteiger partial charge >= 0.3 is 18.2 Å². The quantitative estimate of drug-likeness (QED) is 0.181. The van der Waals surface area contributed by atoms with Gasteiger partial charge in [-0.1, -0.05) is 42.5 Å². The molecule has 49 heavy (non-hydrogen) atoms. The maximum absolute atomic E-state index is 14.0. The van der Waals surface area contributed by atoms with E-state index in [9.17, 15) is 22.8 Å². The van der Waals surface area contributed by atoms with Gasteiger partial charge in [0.1, 0.15) is 5.69 Å². The number of nitrogens with zero attached hydrogens (tertiary/aromatic N) is 6. The van der Waals surface area contributed by atoms with E-state index in [2.05, 4.69) is 20.6 Å². The Bertz CT molecular complexity index is 1800. The topological polar surface area (TPSA) is 153 Å². The number of aromatic nitrogens is 3. The van der Waals surface area contributed by atoms with Crippen LogP contribution >= 0.6 is 0 Å². The number of likely N-dealkylation sites (N-methyl/N-ethyl adjacent to an activating group) is 1. The number of urea groups is 1. The van der Waals surface area contributed by atoms with Crippen molar-refractivity contribution in [2.75, 3.05) is 43.3 Å². The van der Waals surface area contributed by atoms with Crippen molar-refractivity contribution < 1.29 is 37.4 Å². The third-order valence-electron chi connectivity index (χ3n) is 6.66. The predicted molar refractivity (Wildman–Crippen MR) is 176 cm³/mol. The number of carboxylic acid groups (broad SMARTS) is 1. The first-order chi connectivity index (χ1) is 23.3. The smallest absolute Gasteiger partial charge is 0.480 e. The molecule has 0 bridgehead atoms. The number of hydrogen-bond donors (Lipinski definition) is 3. The summed E-state index contributed by atoms with van der Waals surface area (Å²) in [5.41, 5.74) is 3.47. The fourth-order valence-electron chi connectivity index (χ4n) is 4.47. The molecule has 3 heterocycles. The van der Waals surface area contributed by atoms with E-state index < -0.39 is 12.1 Å². The van der Waals surface area contributed by atoms with Crippen LogP contribution in [0.25, 0.3) is 0 Å². The molecular formula is C33H33F3N8O5. The first-order valence-corrected chi connectivity index (χ1v) is 14.6. The number of carboxylic acids is 1. The number of rotatable bonds is 10. The second-order valence-corrected chi connectivity index (χ2v) is 10.7. The van der Waals surface area contributed by atoms with Crippen molar-refractivity contribution in [3.05, 3.63) is 102 Å². The number of hydrogen-bond acceptors (Lipinski definition) is 9. The molecule has 1 aliphatic heterocycles. The lowest BCUT2D eigenvalue weighted by molar-refractivity contribution is -0.192. The summed E-state index contributed by atoms with van der Waals surface area (Å²) in [6, 6.07) is 20.3. The first kappa shape index (κ1) is 35.8. The van der Waals surface area contributed by atoms with Crippen LogP contribution < -0.4 is 20.3 Å². The van der Waals surface area contributed by atoms with Crippen LogP contribution in [-0.2, 0) is 22.7 Å². The lowest BCUT2D eigenvalue weighted by Crippen LogP contribution is -2.45. The molecule has 0 saturated heterocycles. The molecule has 5 rings (SSSR count). The number of halogens is 3.